The fraction of sp³-hybridized carbons (Fsp3) is 0.625. The van der Waals surface area contributed by atoms with Crippen LogP contribution in [-0.2, 0) is 0 Å². The van der Waals surface area contributed by atoms with Gasteiger partial charge in [-0.1, -0.05) is 17.7 Å². The first kappa shape index (κ1) is 15.6. The zero-order valence-electron chi connectivity index (χ0n) is 12.8. The minimum Gasteiger partial charge on any atom is -0.370 e. The van der Waals surface area contributed by atoms with E-state index in [2.05, 4.69) is 36.0 Å². The van der Waals surface area contributed by atoms with Gasteiger partial charge < -0.3 is 15.5 Å². The van der Waals surface area contributed by atoms with Gasteiger partial charge in [0.15, 0.2) is 0 Å². The van der Waals surface area contributed by atoms with E-state index < -0.39 is 0 Å². The number of nitrogens with two attached hydrogens (primary N) is 1. The molecule has 0 spiro atoms. The Morgan fingerprint density at radius 2 is 2.00 bits per heavy atom. The summed E-state index contributed by atoms with van der Waals surface area (Å²) in [5.41, 5.74) is 8.15. The van der Waals surface area contributed by atoms with E-state index in [0.29, 0.717) is 0 Å². The molecule has 4 heteroatoms. The molecule has 0 saturated carbocycles. The Balaban J connectivity index is 2.00. The molecule has 20 heavy (non-hydrogen) atoms. The van der Waals surface area contributed by atoms with Crippen LogP contribution in [0.3, 0.4) is 0 Å². The third-order valence-corrected chi connectivity index (χ3v) is 4.38. The number of halogens is 1. The molecule has 1 aliphatic rings. The van der Waals surface area contributed by atoms with Crippen LogP contribution in [0.4, 0.5) is 5.69 Å². The largest absolute Gasteiger partial charge is 0.370 e. The lowest BCUT2D eigenvalue weighted by Crippen LogP contribution is -2.37. The van der Waals surface area contributed by atoms with E-state index in [0.717, 1.165) is 35.3 Å². The molecule has 2 rings (SSSR count). The second-order valence-electron chi connectivity index (χ2n) is 6.19. The van der Waals surface area contributed by atoms with Gasteiger partial charge in [0, 0.05) is 25.7 Å². The summed E-state index contributed by atoms with van der Waals surface area (Å²) in [4.78, 5) is 4.68. The van der Waals surface area contributed by atoms with Crippen molar-refractivity contribution >= 4 is 17.3 Å². The van der Waals surface area contributed by atoms with Crippen molar-refractivity contribution in [2.75, 3.05) is 38.6 Å². The summed E-state index contributed by atoms with van der Waals surface area (Å²) < 4.78 is 0. The van der Waals surface area contributed by atoms with Gasteiger partial charge in [-0.2, -0.15) is 0 Å². The Labute approximate surface area is 127 Å². The van der Waals surface area contributed by atoms with Gasteiger partial charge in [-0.05, 0) is 57.5 Å². The predicted octanol–water partition coefficient (Wildman–Crippen LogP) is 3.14. The molecule has 1 heterocycles. The molecule has 1 atom stereocenters. The highest BCUT2D eigenvalue weighted by molar-refractivity contribution is 6.33. The van der Waals surface area contributed by atoms with Crippen molar-refractivity contribution in [3.05, 3.63) is 28.8 Å². The molecule has 1 aliphatic heterocycles. The monoisotopic (exact) mass is 295 g/mol. The lowest BCUT2D eigenvalue weighted by molar-refractivity contribution is 0.285. The summed E-state index contributed by atoms with van der Waals surface area (Å²) in [5, 5.41) is 0.825. The molecule has 1 aromatic rings. The summed E-state index contributed by atoms with van der Waals surface area (Å²) in [7, 11) is 4.30. The van der Waals surface area contributed by atoms with Gasteiger partial charge >= 0.3 is 0 Å². The standard InChI is InChI=1S/C16H26ClN3/c1-12(18)14-4-5-16(15(17)10-14)20-8-6-13(7-9-20)11-19(2)3/h4-5,10,12-13H,6-9,11,18H2,1-3H3/t12-/m0/s1. The number of benzene rings is 1. The van der Waals surface area contributed by atoms with Crippen LogP contribution in [0.15, 0.2) is 18.2 Å². The van der Waals surface area contributed by atoms with Gasteiger partial charge in [0.05, 0.1) is 10.7 Å². The van der Waals surface area contributed by atoms with Crippen LogP contribution >= 0.6 is 11.6 Å². The Kier molecular flexibility index (Phi) is 5.30. The number of hydrogen-bond donors (Lipinski definition) is 1. The fourth-order valence-electron chi connectivity index (χ4n) is 2.94. The Bertz CT molecular complexity index is 437. The molecule has 0 amide bonds. The Morgan fingerprint density at radius 3 is 2.50 bits per heavy atom. The van der Waals surface area contributed by atoms with Crippen molar-refractivity contribution in [1.29, 1.82) is 0 Å². The first-order valence-corrected chi connectivity index (χ1v) is 7.80. The fourth-order valence-corrected chi connectivity index (χ4v) is 3.24. The van der Waals surface area contributed by atoms with Crippen LogP contribution in [0, 0.1) is 5.92 Å². The minimum absolute atomic E-state index is 0.0346. The second-order valence-corrected chi connectivity index (χ2v) is 6.60. The lowest BCUT2D eigenvalue weighted by atomic mass is 9.96. The van der Waals surface area contributed by atoms with Crippen LogP contribution in [0.2, 0.25) is 5.02 Å². The molecular weight excluding hydrogens is 270 g/mol. The van der Waals surface area contributed by atoms with Crippen molar-refractivity contribution < 1.29 is 0 Å². The summed E-state index contributed by atoms with van der Waals surface area (Å²) in [6, 6.07) is 6.26. The smallest absolute Gasteiger partial charge is 0.0642 e. The first-order chi connectivity index (χ1) is 9.47. The summed E-state index contributed by atoms with van der Waals surface area (Å²) in [5.74, 6) is 0.809. The highest BCUT2D eigenvalue weighted by Crippen LogP contribution is 2.31. The first-order valence-electron chi connectivity index (χ1n) is 7.42. The van der Waals surface area contributed by atoms with E-state index in [-0.39, 0.29) is 6.04 Å². The van der Waals surface area contributed by atoms with Crippen LogP contribution in [0.25, 0.3) is 0 Å². The van der Waals surface area contributed by atoms with Gasteiger partial charge in [-0.25, -0.2) is 0 Å². The molecule has 0 aliphatic carbocycles. The number of nitrogens with zero attached hydrogens (tertiary/aromatic N) is 2. The van der Waals surface area contributed by atoms with E-state index in [1.165, 1.54) is 19.4 Å². The number of piperidine rings is 1. The molecular formula is C16H26ClN3. The van der Waals surface area contributed by atoms with Crippen LogP contribution in [0.5, 0.6) is 0 Å². The van der Waals surface area contributed by atoms with Gasteiger partial charge in [0.25, 0.3) is 0 Å². The maximum absolute atomic E-state index is 6.42. The van der Waals surface area contributed by atoms with E-state index in [1.807, 2.05) is 13.0 Å². The topological polar surface area (TPSA) is 32.5 Å². The average molecular weight is 296 g/mol. The van der Waals surface area contributed by atoms with Crippen molar-refractivity contribution in [3.63, 3.8) is 0 Å². The quantitative estimate of drug-likeness (QED) is 0.926. The zero-order chi connectivity index (χ0) is 14.7. The zero-order valence-corrected chi connectivity index (χ0v) is 13.5. The van der Waals surface area contributed by atoms with Crippen LogP contribution < -0.4 is 10.6 Å². The third kappa shape index (κ3) is 3.87. The number of anilines is 1. The minimum atomic E-state index is 0.0346. The molecule has 1 saturated heterocycles. The number of hydrogen-bond acceptors (Lipinski definition) is 3. The molecule has 2 N–H and O–H groups in total. The average Bonchev–Trinajstić information content (AvgIpc) is 2.39. The Hall–Kier alpha value is -0.770. The van der Waals surface area contributed by atoms with E-state index >= 15 is 0 Å². The third-order valence-electron chi connectivity index (χ3n) is 4.08. The maximum atomic E-state index is 6.42. The summed E-state index contributed by atoms with van der Waals surface area (Å²) in [6.07, 6.45) is 2.48. The maximum Gasteiger partial charge on any atom is 0.0642 e. The molecule has 112 valence electrons. The molecule has 0 bridgehead atoms. The Morgan fingerprint density at radius 1 is 1.35 bits per heavy atom. The van der Waals surface area contributed by atoms with Gasteiger partial charge in [-0.15, -0.1) is 0 Å². The van der Waals surface area contributed by atoms with Crippen molar-refractivity contribution in [2.45, 2.75) is 25.8 Å². The highest BCUT2D eigenvalue weighted by atomic mass is 35.5. The molecule has 1 aromatic carbocycles. The normalized spacial score (nSPS) is 18.6. The van der Waals surface area contributed by atoms with Crippen LogP contribution in [-0.4, -0.2) is 38.6 Å². The summed E-state index contributed by atoms with van der Waals surface area (Å²) in [6.45, 7) is 5.36. The van der Waals surface area contributed by atoms with Crippen molar-refractivity contribution in [1.82, 2.24) is 4.90 Å². The highest BCUT2D eigenvalue weighted by Gasteiger charge is 2.21. The molecule has 3 nitrogen and oxygen atoms in total. The van der Waals surface area contributed by atoms with Crippen molar-refractivity contribution in [2.24, 2.45) is 11.7 Å². The van der Waals surface area contributed by atoms with Crippen LogP contribution in [0.1, 0.15) is 31.4 Å². The van der Waals surface area contributed by atoms with Crippen molar-refractivity contribution in [3.8, 4) is 0 Å². The lowest BCUT2D eigenvalue weighted by Gasteiger charge is -2.35. The summed E-state index contributed by atoms with van der Waals surface area (Å²) >= 11 is 6.42. The van der Waals surface area contributed by atoms with E-state index in [9.17, 15) is 0 Å². The van der Waals surface area contributed by atoms with Gasteiger partial charge in [0.1, 0.15) is 0 Å². The predicted molar refractivity (Wildman–Crippen MR) is 87.5 cm³/mol. The molecule has 1 fully saturated rings. The van der Waals surface area contributed by atoms with E-state index in [1.54, 1.807) is 0 Å². The van der Waals surface area contributed by atoms with Gasteiger partial charge in [0.2, 0.25) is 0 Å². The van der Waals surface area contributed by atoms with E-state index in [4.69, 9.17) is 17.3 Å². The number of rotatable bonds is 4. The van der Waals surface area contributed by atoms with Gasteiger partial charge in [-0.3, -0.25) is 0 Å². The second kappa shape index (κ2) is 6.79. The molecule has 0 radical (unpaired) electrons. The molecule has 0 unspecified atom stereocenters. The molecule has 0 aromatic heterocycles. The SMILES string of the molecule is C[C@H](N)c1ccc(N2CCC(CN(C)C)CC2)c(Cl)c1.